The van der Waals surface area contributed by atoms with Gasteiger partial charge in [0.1, 0.15) is 11.6 Å². The van der Waals surface area contributed by atoms with Crippen LogP contribution in [0.1, 0.15) is 31.0 Å². The Kier molecular flexibility index (Phi) is 2.22. The zero-order valence-corrected chi connectivity index (χ0v) is 11.6. The van der Waals surface area contributed by atoms with Gasteiger partial charge in [0.2, 0.25) is 0 Å². The van der Waals surface area contributed by atoms with Crippen molar-refractivity contribution in [3.8, 4) is 11.3 Å². The van der Waals surface area contributed by atoms with Gasteiger partial charge in [0.05, 0.1) is 11.4 Å². The van der Waals surface area contributed by atoms with Crippen LogP contribution in [-0.4, -0.2) is 9.78 Å². The van der Waals surface area contributed by atoms with Gasteiger partial charge in [-0.1, -0.05) is 6.92 Å². The first-order valence-corrected chi connectivity index (χ1v) is 6.99. The average Bonchev–Trinajstić information content (AvgIpc) is 2.64. The molecule has 20 heavy (non-hydrogen) atoms. The number of benzene rings is 1. The minimum Gasteiger partial charge on any atom is -0.267 e. The van der Waals surface area contributed by atoms with E-state index in [1.165, 1.54) is 30.5 Å². The van der Waals surface area contributed by atoms with Crippen molar-refractivity contribution in [1.82, 2.24) is 9.78 Å². The maximum absolute atomic E-state index is 13.5. The molecule has 0 radical (unpaired) electrons. The van der Waals surface area contributed by atoms with E-state index < -0.39 is 11.6 Å². The van der Waals surface area contributed by atoms with Crippen LogP contribution in [0.4, 0.5) is 8.78 Å². The molecular formula is C16H16F2N2. The molecule has 4 heteroatoms. The van der Waals surface area contributed by atoms with Crippen LogP contribution in [0, 0.1) is 17.6 Å². The molecule has 2 bridgehead atoms. The Morgan fingerprint density at radius 1 is 1.20 bits per heavy atom. The third kappa shape index (κ3) is 1.51. The third-order valence-electron chi connectivity index (χ3n) is 4.82. The van der Waals surface area contributed by atoms with Crippen LogP contribution in [0.15, 0.2) is 18.2 Å². The second kappa shape index (κ2) is 3.68. The van der Waals surface area contributed by atoms with E-state index in [0.29, 0.717) is 11.5 Å². The van der Waals surface area contributed by atoms with Crippen LogP contribution in [0.2, 0.25) is 0 Å². The molecule has 0 aliphatic heterocycles. The smallest absolute Gasteiger partial charge is 0.126 e. The topological polar surface area (TPSA) is 17.8 Å². The second-order valence-corrected chi connectivity index (χ2v) is 6.50. The van der Waals surface area contributed by atoms with Crippen LogP contribution >= 0.6 is 0 Å². The summed E-state index contributed by atoms with van der Waals surface area (Å²) < 4.78 is 28.7. The van der Waals surface area contributed by atoms with Crippen molar-refractivity contribution >= 4 is 0 Å². The molecule has 3 aliphatic rings. The summed E-state index contributed by atoms with van der Waals surface area (Å²) in [4.78, 5) is 0. The Balaban J connectivity index is 1.93. The number of hydrogen-bond acceptors (Lipinski definition) is 1. The Morgan fingerprint density at radius 3 is 2.50 bits per heavy atom. The van der Waals surface area contributed by atoms with Crippen LogP contribution < -0.4 is 0 Å². The lowest BCUT2D eigenvalue weighted by atomic mass is 9.55. The SMILES string of the molecule is Cn1nc2c(c1-c1cc(F)cc(F)c1)CC1CC2(C)C1. The van der Waals surface area contributed by atoms with E-state index in [2.05, 4.69) is 12.0 Å². The molecule has 1 heterocycles. The summed E-state index contributed by atoms with van der Waals surface area (Å²) in [5.74, 6) is -0.377. The van der Waals surface area contributed by atoms with Crippen LogP contribution in [0.25, 0.3) is 11.3 Å². The summed E-state index contributed by atoms with van der Waals surface area (Å²) in [6.45, 7) is 2.24. The van der Waals surface area contributed by atoms with Crippen molar-refractivity contribution in [3.05, 3.63) is 41.1 Å². The fourth-order valence-corrected chi connectivity index (χ4v) is 4.14. The third-order valence-corrected chi connectivity index (χ3v) is 4.82. The zero-order valence-electron chi connectivity index (χ0n) is 11.6. The number of rotatable bonds is 1. The first-order valence-electron chi connectivity index (χ1n) is 6.99. The number of aromatic nitrogens is 2. The van der Waals surface area contributed by atoms with Crippen LogP contribution in [0.5, 0.6) is 0 Å². The maximum atomic E-state index is 13.5. The quantitative estimate of drug-likeness (QED) is 0.777. The molecular weight excluding hydrogens is 258 g/mol. The van der Waals surface area contributed by atoms with E-state index in [9.17, 15) is 8.78 Å². The molecule has 2 nitrogen and oxygen atoms in total. The highest BCUT2D eigenvalue weighted by atomic mass is 19.1. The number of aryl methyl sites for hydroxylation is 1. The van der Waals surface area contributed by atoms with Crippen molar-refractivity contribution in [2.75, 3.05) is 0 Å². The normalized spacial score (nSPS) is 27.1. The molecule has 1 aromatic heterocycles. The highest BCUT2D eigenvalue weighted by Gasteiger charge is 2.50. The summed E-state index contributed by atoms with van der Waals surface area (Å²) >= 11 is 0. The Morgan fingerprint density at radius 2 is 1.85 bits per heavy atom. The van der Waals surface area contributed by atoms with Gasteiger partial charge in [-0.05, 0) is 37.3 Å². The van der Waals surface area contributed by atoms with Gasteiger partial charge >= 0.3 is 0 Å². The molecule has 0 spiro atoms. The van der Waals surface area contributed by atoms with Crippen molar-refractivity contribution in [2.45, 2.75) is 31.6 Å². The van der Waals surface area contributed by atoms with Gasteiger partial charge < -0.3 is 0 Å². The average molecular weight is 274 g/mol. The zero-order chi connectivity index (χ0) is 14.1. The lowest BCUT2D eigenvalue weighted by molar-refractivity contribution is 0.133. The molecule has 5 rings (SSSR count). The molecule has 104 valence electrons. The Bertz CT molecular complexity index is 691. The van der Waals surface area contributed by atoms with Gasteiger partial charge in [-0.15, -0.1) is 0 Å². The van der Waals surface area contributed by atoms with Crippen LogP contribution in [-0.2, 0) is 18.9 Å². The standard InChI is InChI=1S/C16H16F2N2/c1-16-7-9(8-16)3-13-14(20(2)19-15(13)16)10-4-11(17)6-12(18)5-10/h4-6,9H,3,7-8H2,1-2H3. The minimum absolute atomic E-state index is 0.167. The van der Waals surface area contributed by atoms with Gasteiger partial charge in [0.25, 0.3) is 0 Å². The molecule has 3 aliphatic carbocycles. The summed E-state index contributed by atoms with van der Waals surface area (Å²) in [6.07, 6.45) is 3.36. The first-order chi connectivity index (χ1) is 9.46. The van der Waals surface area contributed by atoms with Gasteiger partial charge in [-0.2, -0.15) is 5.10 Å². The molecule has 0 atom stereocenters. The first kappa shape index (κ1) is 12.1. The predicted octanol–water partition coefficient (Wildman–Crippen LogP) is 3.59. The molecule has 1 saturated carbocycles. The van der Waals surface area contributed by atoms with Crippen molar-refractivity contribution in [3.63, 3.8) is 0 Å². The Hall–Kier alpha value is -1.71. The molecule has 1 fully saturated rings. The van der Waals surface area contributed by atoms with Gasteiger partial charge in [0.15, 0.2) is 0 Å². The van der Waals surface area contributed by atoms with Gasteiger partial charge in [0, 0.05) is 29.7 Å². The Labute approximate surface area is 116 Å². The monoisotopic (exact) mass is 274 g/mol. The molecule has 2 aromatic rings. The molecule has 0 saturated heterocycles. The van der Waals surface area contributed by atoms with Gasteiger partial charge in [-0.3, -0.25) is 4.68 Å². The van der Waals surface area contributed by atoms with E-state index in [-0.39, 0.29) is 5.41 Å². The minimum atomic E-state index is -0.540. The summed E-state index contributed by atoms with van der Waals surface area (Å²) in [7, 11) is 1.86. The molecule has 0 N–H and O–H groups in total. The highest BCUT2D eigenvalue weighted by molar-refractivity contribution is 5.66. The summed E-state index contributed by atoms with van der Waals surface area (Å²) in [5, 5.41) is 4.65. The molecule has 0 amide bonds. The highest BCUT2D eigenvalue weighted by Crippen LogP contribution is 2.55. The molecule has 0 unspecified atom stereocenters. The summed E-state index contributed by atoms with van der Waals surface area (Å²) in [6, 6.07) is 3.69. The maximum Gasteiger partial charge on any atom is 0.126 e. The van der Waals surface area contributed by atoms with E-state index >= 15 is 0 Å². The van der Waals surface area contributed by atoms with Crippen molar-refractivity contribution < 1.29 is 8.78 Å². The van der Waals surface area contributed by atoms with E-state index in [0.717, 1.165) is 23.9 Å². The fraction of sp³-hybridized carbons (Fsp3) is 0.438. The van der Waals surface area contributed by atoms with Crippen molar-refractivity contribution in [1.29, 1.82) is 0 Å². The van der Waals surface area contributed by atoms with Gasteiger partial charge in [-0.25, -0.2) is 8.78 Å². The number of hydrogen-bond donors (Lipinski definition) is 0. The van der Waals surface area contributed by atoms with E-state index in [1.54, 1.807) is 4.68 Å². The van der Waals surface area contributed by atoms with Crippen LogP contribution in [0.3, 0.4) is 0 Å². The fourth-order valence-electron chi connectivity index (χ4n) is 4.14. The lowest BCUT2D eigenvalue weighted by Crippen LogP contribution is -2.44. The van der Waals surface area contributed by atoms with E-state index in [1.807, 2.05) is 7.05 Å². The number of halogens is 2. The van der Waals surface area contributed by atoms with E-state index in [4.69, 9.17) is 0 Å². The largest absolute Gasteiger partial charge is 0.267 e. The lowest BCUT2D eigenvalue weighted by Gasteiger charge is -2.49. The molecule has 1 aromatic carbocycles. The summed E-state index contributed by atoms with van der Waals surface area (Å²) in [5.41, 5.74) is 3.93. The number of nitrogens with zero attached hydrogens (tertiary/aromatic N) is 2. The second-order valence-electron chi connectivity index (χ2n) is 6.50. The predicted molar refractivity (Wildman–Crippen MR) is 72.3 cm³/mol. The van der Waals surface area contributed by atoms with Crippen molar-refractivity contribution in [2.24, 2.45) is 13.0 Å².